The van der Waals surface area contributed by atoms with Crippen LogP contribution < -0.4 is 5.46 Å². The molecule has 4 aromatic rings. The maximum Gasteiger partial charge on any atom is 0.488 e. The Labute approximate surface area is 135 Å². The monoisotopic (exact) mass is 302 g/mol. The molecule has 114 valence electrons. The van der Waals surface area contributed by atoms with E-state index >= 15 is 0 Å². The van der Waals surface area contributed by atoms with E-state index < -0.39 is 7.12 Å². The van der Waals surface area contributed by atoms with Crippen molar-refractivity contribution in [1.29, 1.82) is 0 Å². The first-order valence-electron chi connectivity index (χ1n) is 7.94. The van der Waals surface area contributed by atoms with Crippen LogP contribution in [-0.4, -0.2) is 17.2 Å². The third-order valence-electron chi connectivity index (χ3n) is 4.72. The van der Waals surface area contributed by atoms with E-state index in [0.29, 0.717) is 5.46 Å². The molecule has 3 heteroatoms. The molecule has 4 aromatic carbocycles. The molecule has 0 spiro atoms. The summed E-state index contributed by atoms with van der Waals surface area (Å²) in [7, 11) is -1.44. The lowest BCUT2D eigenvalue weighted by Gasteiger charge is -2.21. The second-order valence-corrected chi connectivity index (χ2v) is 7.39. The Morgan fingerprint density at radius 3 is 1.43 bits per heavy atom. The van der Waals surface area contributed by atoms with Gasteiger partial charge in [0.1, 0.15) is 0 Å². The molecule has 0 heterocycles. The minimum atomic E-state index is -1.44. The number of benzene rings is 4. The molecule has 0 bridgehead atoms. The molecule has 0 amide bonds. The molecule has 0 fully saturated rings. The van der Waals surface area contributed by atoms with Gasteiger partial charge in [-0.15, -0.1) is 0 Å². The molecule has 4 rings (SSSR count). The zero-order chi connectivity index (χ0) is 16.4. The minimum absolute atomic E-state index is 0.110. The fourth-order valence-electron chi connectivity index (χ4n) is 3.44. The highest BCUT2D eigenvalue weighted by molar-refractivity contribution is 6.59. The summed E-state index contributed by atoms with van der Waals surface area (Å²) in [5.41, 5.74) is 1.97. The predicted molar refractivity (Wildman–Crippen MR) is 98.7 cm³/mol. The van der Waals surface area contributed by atoms with Crippen molar-refractivity contribution >= 4 is 44.9 Å². The highest BCUT2D eigenvalue weighted by Crippen LogP contribution is 2.37. The smallest absolute Gasteiger partial charge is 0.423 e. The van der Waals surface area contributed by atoms with E-state index in [1.165, 1.54) is 27.1 Å². The molecule has 0 atom stereocenters. The molecule has 2 N–H and O–H groups in total. The van der Waals surface area contributed by atoms with Gasteiger partial charge < -0.3 is 10.0 Å². The van der Waals surface area contributed by atoms with Crippen molar-refractivity contribution in [3.8, 4) is 0 Å². The van der Waals surface area contributed by atoms with Crippen molar-refractivity contribution in [3.05, 3.63) is 54.1 Å². The standard InChI is InChI=1S/C20H19BO2/c1-20(2,3)16-8-12-4-6-14-10-17(21(22)23)11-15-7-5-13(9-16)18(12)19(14)15/h4-11,22-23H,1-3H3. The summed E-state index contributed by atoms with van der Waals surface area (Å²) >= 11 is 0. The van der Waals surface area contributed by atoms with Crippen LogP contribution in [0.2, 0.25) is 0 Å². The average molecular weight is 302 g/mol. The Morgan fingerprint density at radius 1 is 0.696 bits per heavy atom. The zero-order valence-electron chi connectivity index (χ0n) is 13.6. The first-order chi connectivity index (χ1) is 10.8. The van der Waals surface area contributed by atoms with Crippen LogP contribution in [-0.2, 0) is 5.41 Å². The summed E-state index contributed by atoms with van der Waals surface area (Å²) in [4.78, 5) is 0. The van der Waals surface area contributed by atoms with Crippen LogP contribution in [0.3, 0.4) is 0 Å². The van der Waals surface area contributed by atoms with Gasteiger partial charge in [0.25, 0.3) is 0 Å². The van der Waals surface area contributed by atoms with E-state index in [9.17, 15) is 10.0 Å². The Morgan fingerprint density at radius 2 is 1.09 bits per heavy atom. The second-order valence-electron chi connectivity index (χ2n) is 7.39. The fraction of sp³-hybridized carbons (Fsp3) is 0.200. The predicted octanol–water partition coefficient (Wildman–Crippen LogP) is 3.56. The van der Waals surface area contributed by atoms with Crippen LogP contribution in [0.25, 0.3) is 32.3 Å². The van der Waals surface area contributed by atoms with E-state index in [2.05, 4.69) is 57.2 Å². The molecule has 0 aliphatic carbocycles. The minimum Gasteiger partial charge on any atom is -0.423 e. The highest BCUT2D eigenvalue weighted by Gasteiger charge is 2.18. The Balaban J connectivity index is 2.15. The molecule has 0 aliphatic rings. The van der Waals surface area contributed by atoms with Crippen molar-refractivity contribution < 1.29 is 10.0 Å². The second kappa shape index (κ2) is 4.70. The van der Waals surface area contributed by atoms with Crippen LogP contribution in [0.5, 0.6) is 0 Å². The molecule has 23 heavy (non-hydrogen) atoms. The first kappa shape index (κ1) is 14.5. The van der Waals surface area contributed by atoms with Crippen molar-refractivity contribution in [2.75, 3.05) is 0 Å². The lowest BCUT2D eigenvalue weighted by Crippen LogP contribution is -2.29. The van der Waals surface area contributed by atoms with Crippen molar-refractivity contribution in [3.63, 3.8) is 0 Å². The van der Waals surface area contributed by atoms with E-state index in [-0.39, 0.29) is 5.41 Å². The molecule has 0 saturated carbocycles. The van der Waals surface area contributed by atoms with Crippen LogP contribution in [0.15, 0.2) is 48.5 Å². The summed E-state index contributed by atoms with van der Waals surface area (Å²) in [5.74, 6) is 0. The quantitative estimate of drug-likeness (QED) is 0.417. The van der Waals surface area contributed by atoms with E-state index in [4.69, 9.17) is 0 Å². The lowest BCUT2D eigenvalue weighted by molar-refractivity contribution is 0.426. The Hall–Kier alpha value is -2.10. The van der Waals surface area contributed by atoms with Crippen molar-refractivity contribution in [1.82, 2.24) is 0 Å². The first-order valence-corrected chi connectivity index (χ1v) is 7.94. The number of hydrogen-bond donors (Lipinski definition) is 2. The lowest BCUT2D eigenvalue weighted by atomic mass is 9.77. The Kier molecular flexibility index (Phi) is 2.96. The molecule has 0 saturated heterocycles. The average Bonchev–Trinajstić information content (AvgIpc) is 2.50. The largest absolute Gasteiger partial charge is 0.488 e. The SMILES string of the molecule is CC(C)(C)c1cc2ccc3cc(B(O)O)cc4ccc(c1)c2c34. The van der Waals surface area contributed by atoms with Gasteiger partial charge >= 0.3 is 7.12 Å². The summed E-state index contributed by atoms with van der Waals surface area (Å²) in [6.07, 6.45) is 0. The zero-order valence-corrected chi connectivity index (χ0v) is 13.6. The Bertz CT molecular complexity index is 962. The van der Waals surface area contributed by atoms with Gasteiger partial charge in [0, 0.05) is 0 Å². The van der Waals surface area contributed by atoms with E-state index in [1.807, 2.05) is 12.1 Å². The maximum atomic E-state index is 9.49. The molecule has 0 aliphatic heterocycles. The summed E-state index contributed by atoms with van der Waals surface area (Å²) in [6, 6.07) is 16.7. The molecule has 0 radical (unpaired) electrons. The normalized spacial score (nSPS) is 12.6. The molecular formula is C20H19BO2. The number of rotatable bonds is 1. The summed E-state index contributed by atoms with van der Waals surface area (Å²) in [6.45, 7) is 6.69. The van der Waals surface area contributed by atoms with Gasteiger partial charge in [-0.2, -0.15) is 0 Å². The number of hydrogen-bond acceptors (Lipinski definition) is 2. The third-order valence-corrected chi connectivity index (χ3v) is 4.72. The van der Waals surface area contributed by atoms with Gasteiger partial charge in [0.15, 0.2) is 0 Å². The van der Waals surface area contributed by atoms with Crippen molar-refractivity contribution in [2.24, 2.45) is 0 Å². The van der Waals surface area contributed by atoms with Gasteiger partial charge in [-0.1, -0.05) is 69.3 Å². The van der Waals surface area contributed by atoms with Gasteiger partial charge in [-0.3, -0.25) is 0 Å². The van der Waals surface area contributed by atoms with Crippen LogP contribution in [0, 0.1) is 0 Å². The third kappa shape index (κ3) is 2.20. The fourth-order valence-corrected chi connectivity index (χ4v) is 3.44. The van der Waals surface area contributed by atoms with Crippen molar-refractivity contribution in [2.45, 2.75) is 26.2 Å². The molecular weight excluding hydrogens is 283 g/mol. The summed E-state index contributed by atoms with van der Waals surface area (Å²) < 4.78 is 0. The molecule has 0 aromatic heterocycles. The summed E-state index contributed by atoms with van der Waals surface area (Å²) in [5, 5.41) is 26.0. The van der Waals surface area contributed by atoms with Crippen LogP contribution >= 0.6 is 0 Å². The van der Waals surface area contributed by atoms with Crippen LogP contribution in [0.4, 0.5) is 0 Å². The van der Waals surface area contributed by atoms with Crippen LogP contribution in [0.1, 0.15) is 26.3 Å². The van der Waals surface area contributed by atoms with E-state index in [1.54, 1.807) is 0 Å². The molecule has 0 unspecified atom stereocenters. The maximum absolute atomic E-state index is 9.49. The van der Waals surface area contributed by atoms with Gasteiger partial charge in [0.2, 0.25) is 0 Å². The van der Waals surface area contributed by atoms with Gasteiger partial charge in [-0.05, 0) is 48.8 Å². The molecule has 2 nitrogen and oxygen atoms in total. The topological polar surface area (TPSA) is 40.5 Å². The van der Waals surface area contributed by atoms with Gasteiger partial charge in [0.05, 0.1) is 0 Å². The highest BCUT2D eigenvalue weighted by atomic mass is 16.4. The van der Waals surface area contributed by atoms with E-state index in [0.717, 1.165) is 10.8 Å². The van der Waals surface area contributed by atoms with Gasteiger partial charge in [-0.25, -0.2) is 0 Å².